The van der Waals surface area contributed by atoms with Crippen LogP contribution in [0.15, 0.2) is 184 Å². The third-order valence-electron chi connectivity index (χ3n) is 11.4. The van der Waals surface area contributed by atoms with Crippen LogP contribution in [0.2, 0.25) is 0 Å². The summed E-state index contributed by atoms with van der Waals surface area (Å²) >= 11 is 1.95. The van der Waals surface area contributed by atoms with E-state index in [1.54, 1.807) is 0 Å². The van der Waals surface area contributed by atoms with Gasteiger partial charge in [0.2, 0.25) is 5.96 Å². The van der Waals surface area contributed by atoms with E-state index >= 15 is 0 Å². The number of hydrogen-bond donors (Lipinski definition) is 1. The van der Waals surface area contributed by atoms with E-state index in [1.807, 2.05) is 17.8 Å². The Morgan fingerprint density at radius 1 is 0.623 bits per heavy atom. The highest BCUT2D eigenvalue weighted by atomic mass is 32.2. The topological polar surface area (TPSA) is 42.5 Å². The molecule has 2 aromatic heterocycles. The summed E-state index contributed by atoms with van der Waals surface area (Å²) < 4.78 is 8.85. The number of rotatable bonds is 2. The van der Waals surface area contributed by atoms with E-state index in [2.05, 4.69) is 168 Å². The van der Waals surface area contributed by atoms with Crippen LogP contribution in [0.25, 0.3) is 76.4 Å². The molecular formula is C48H31N3OS. The van der Waals surface area contributed by atoms with Crippen LogP contribution in [0.1, 0.15) is 11.6 Å². The van der Waals surface area contributed by atoms with Crippen molar-refractivity contribution < 1.29 is 4.42 Å². The molecule has 250 valence electrons. The van der Waals surface area contributed by atoms with E-state index in [0.717, 1.165) is 50.1 Å². The van der Waals surface area contributed by atoms with Gasteiger partial charge in [0.25, 0.3) is 0 Å². The molecule has 4 nitrogen and oxygen atoms in total. The smallest absolute Gasteiger partial charge is 0.208 e. The Labute approximate surface area is 309 Å². The highest BCUT2D eigenvalue weighted by Gasteiger charge is 2.41. The van der Waals surface area contributed by atoms with Crippen LogP contribution in [0, 0.1) is 5.92 Å². The Balaban J connectivity index is 1.08. The van der Waals surface area contributed by atoms with Crippen molar-refractivity contribution in [2.24, 2.45) is 10.9 Å². The Kier molecular flexibility index (Phi) is 6.14. The maximum atomic E-state index is 6.49. The molecule has 5 heteroatoms. The summed E-state index contributed by atoms with van der Waals surface area (Å²) in [5, 5.41) is 13.9. The molecule has 9 aromatic rings. The molecular weight excluding hydrogens is 667 g/mol. The summed E-state index contributed by atoms with van der Waals surface area (Å²) in [5.41, 5.74) is 8.81. The number of benzene rings is 7. The summed E-state index contributed by atoms with van der Waals surface area (Å²) in [6.07, 6.45) is 9.05. The van der Waals surface area contributed by atoms with Gasteiger partial charge in [-0.2, -0.15) is 0 Å². The van der Waals surface area contributed by atoms with E-state index in [0.29, 0.717) is 5.25 Å². The van der Waals surface area contributed by atoms with E-state index in [4.69, 9.17) is 9.41 Å². The summed E-state index contributed by atoms with van der Waals surface area (Å²) in [5.74, 6) is 1.13. The molecule has 0 saturated heterocycles. The van der Waals surface area contributed by atoms with E-state index in [-0.39, 0.29) is 12.0 Å². The standard InChI is InChI=1S/C48H31N3OS/c1-2-11-30-26-32(23-20-28(30)10-1)44-47-45(37-14-5-8-19-42(37)53-47)50-48(49-44)51-39-17-6-3-13-36(39)43-38-27-31(22-21-29(38)24-25-40(43)51)33-15-9-16-35-34-12-4-7-18-41(34)52-46(33)35/h1-27,37,42,44H,(H,49,50). The molecule has 3 unspecified atom stereocenters. The number of fused-ring (bicyclic) bond motifs is 11. The fourth-order valence-corrected chi connectivity index (χ4v) is 10.4. The Morgan fingerprint density at radius 3 is 2.38 bits per heavy atom. The number of furan rings is 1. The van der Waals surface area contributed by atoms with Crippen LogP contribution >= 0.6 is 11.8 Å². The zero-order valence-corrected chi connectivity index (χ0v) is 29.3. The normalized spacial score (nSPS) is 19.5. The second-order valence-electron chi connectivity index (χ2n) is 14.3. The number of aliphatic imine (C=N–C) groups is 1. The molecule has 7 aromatic carbocycles. The van der Waals surface area contributed by atoms with Gasteiger partial charge in [0.15, 0.2) is 0 Å². The van der Waals surface area contributed by atoms with Crippen LogP contribution in [0.5, 0.6) is 0 Å². The Bertz CT molecular complexity index is 3160. The Hall–Kier alpha value is -6.30. The first kappa shape index (κ1) is 29.3. The molecule has 4 heterocycles. The molecule has 1 aliphatic carbocycles. The van der Waals surface area contributed by atoms with Crippen LogP contribution in [-0.4, -0.2) is 15.8 Å². The zero-order chi connectivity index (χ0) is 34.6. The fraction of sp³-hybridized carbons (Fsp3) is 0.0625. The first-order chi connectivity index (χ1) is 26.3. The van der Waals surface area contributed by atoms with Gasteiger partial charge in [-0.15, -0.1) is 11.8 Å². The number of nitrogens with zero attached hydrogens (tertiary/aromatic N) is 2. The lowest BCUT2D eigenvalue weighted by atomic mass is 9.93. The van der Waals surface area contributed by atoms with Gasteiger partial charge in [0.05, 0.1) is 11.0 Å². The highest BCUT2D eigenvalue weighted by molar-refractivity contribution is 8.04. The molecule has 0 fully saturated rings. The molecule has 3 aliphatic rings. The van der Waals surface area contributed by atoms with Gasteiger partial charge in [-0.25, -0.2) is 4.99 Å². The van der Waals surface area contributed by atoms with Gasteiger partial charge >= 0.3 is 0 Å². The highest BCUT2D eigenvalue weighted by Crippen LogP contribution is 2.52. The lowest BCUT2D eigenvalue weighted by molar-refractivity contribution is 0.670. The predicted molar refractivity (Wildman–Crippen MR) is 222 cm³/mol. The van der Waals surface area contributed by atoms with Gasteiger partial charge < -0.3 is 9.73 Å². The number of allylic oxidation sites excluding steroid dienone is 3. The van der Waals surface area contributed by atoms with Crippen molar-refractivity contribution in [3.8, 4) is 11.1 Å². The number of hydrogen-bond acceptors (Lipinski definition) is 4. The second-order valence-corrected chi connectivity index (χ2v) is 15.5. The van der Waals surface area contributed by atoms with Crippen molar-refractivity contribution >= 4 is 83.0 Å². The predicted octanol–water partition coefficient (Wildman–Crippen LogP) is 12.3. The molecule has 2 aliphatic heterocycles. The number of para-hydroxylation sites is 3. The summed E-state index contributed by atoms with van der Waals surface area (Å²) in [7, 11) is 0. The number of thioether (sulfide) groups is 1. The molecule has 1 N–H and O–H groups in total. The molecule has 12 rings (SSSR count). The quantitative estimate of drug-likeness (QED) is 0.196. The minimum Gasteiger partial charge on any atom is -0.455 e. The minimum absolute atomic E-state index is 0.115. The van der Waals surface area contributed by atoms with E-state index in [9.17, 15) is 0 Å². The van der Waals surface area contributed by atoms with Crippen LogP contribution in [-0.2, 0) is 0 Å². The average Bonchev–Trinajstić information content (AvgIpc) is 3.90. The minimum atomic E-state index is -0.115. The maximum absolute atomic E-state index is 6.49. The summed E-state index contributed by atoms with van der Waals surface area (Å²) in [4.78, 5) is 6.94. The zero-order valence-electron chi connectivity index (χ0n) is 28.5. The molecule has 3 atom stereocenters. The van der Waals surface area contributed by atoms with Crippen molar-refractivity contribution in [2.45, 2.75) is 11.3 Å². The first-order valence-corrected chi connectivity index (χ1v) is 19.1. The number of nitrogens with one attached hydrogen (secondary N) is 1. The molecule has 0 spiro atoms. The van der Waals surface area contributed by atoms with Gasteiger partial charge in [-0.1, -0.05) is 133 Å². The van der Waals surface area contributed by atoms with Gasteiger partial charge in [-0.05, 0) is 63.0 Å². The first-order valence-electron chi connectivity index (χ1n) is 18.2. The van der Waals surface area contributed by atoms with Crippen LogP contribution < -0.4 is 5.32 Å². The van der Waals surface area contributed by atoms with Crippen molar-refractivity contribution in [3.05, 3.63) is 180 Å². The van der Waals surface area contributed by atoms with Crippen molar-refractivity contribution in [2.75, 3.05) is 0 Å². The van der Waals surface area contributed by atoms with Crippen molar-refractivity contribution in [3.63, 3.8) is 0 Å². The SMILES string of the molecule is C1=CC2SC3=C(NC(n4c5ccccc5c5c6cc(-c7cccc8c7oc7ccccc78)ccc6ccc54)=NC3c3ccc4ccccc4c3)C2C=C1. The van der Waals surface area contributed by atoms with Crippen LogP contribution in [0.4, 0.5) is 0 Å². The van der Waals surface area contributed by atoms with Crippen molar-refractivity contribution in [1.82, 2.24) is 9.88 Å². The van der Waals surface area contributed by atoms with E-state index < -0.39 is 0 Å². The molecule has 0 radical (unpaired) electrons. The second kappa shape index (κ2) is 11.1. The van der Waals surface area contributed by atoms with Gasteiger partial charge in [0.1, 0.15) is 17.2 Å². The lowest BCUT2D eigenvalue weighted by Crippen LogP contribution is -2.36. The monoisotopic (exact) mass is 697 g/mol. The lowest BCUT2D eigenvalue weighted by Gasteiger charge is -2.27. The molecule has 0 amide bonds. The Morgan fingerprint density at radius 2 is 1.42 bits per heavy atom. The fourth-order valence-electron chi connectivity index (χ4n) is 8.90. The van der Waals surface area contributed by atoms with Crippen molar-refractivity contribution in [1.29, 1.82) is 0 Å². The summed E-state index contributed by atoms with van der Waals surface area (Å²) in [6, 6.07) is 50.2. The maximum Gasteiger partial charge on any atom is 0.208 e. The summed E-state index contributed by atoms with van der Waals surface area (Å²) in [6.45, 7) is 0. The van der Waals surface area contributed by atoms with E-state index in [1.165, 1.54) is 48.5 Å². The van der Waals surface area contributed by atoms with Gasteiger partial charge in [-0.3, -0.25) is 4.57 Å². The third-order valence-corrected chi connectivity index (χ3v) is 12.8. The van der Waals surface area contributed by atoms with Crippen LogP contribution in [0.3, 0.4) is 0 Å². The molecule has 53 heavy (non-hydrogen) atoms. The largest absolute Gasteiger partial charge is 0.455 e. The number of aromatic nitrogens is 1. The molecule has 0 saturated carbocycles. The third kappa shape index (κ3) is 4.29. The van der Waals surface area contributed by atoms with Gasteiger partial charge in [0, 0.05) is 48.9 Å². The average molecular weight is 698 g/mol. The molecule has 0 bridgehead atoms.